The molecule has 7 nitrogen and oxygen atoms in total. The lowest BCUT2D eigenvalue weighted by Gasteiger charge is -2.09. The number of rotatable bonds is 7. The van der Waals surface area contributed by atoms with Gasteiger partial charge in [-0.1, -0.05) is 17.7 Å². The molecule has 0 saturated heterocycles. The molecule has 3 rings (SSSR count). The number of hydrogen-bond acceptors (Lipinski definition) is 6. The van der Waals surface area contributed by atoms with Crippen molar-refractivity contribution >= 4 is 29.1 Å². The second-order valence-corrected chi connectivity index (χ2v) is 5.57. The maximum atomic E-state index is 13.8. The number of nitrogens with one attached hydrogen (secondary N) is 2. The molecule has 0 fully saturated rings. The molecule has 3 N–H and O–H groups in total. The van der Waals surface area contributed by atoms with Gasteiger partial charge in [0.2, 0.25) is 5.95 Å². The van der Waals surface area contributed by atoms with Gasteiger partial charge in [-0.25, -0.2) is 9.37 Å². The van der Waals surface area contributed by atoms with Gasteiger partial charge in [0.15, 0.2) is 0 Å². The van der Waals surface area contributed by atoms with E-state index in [0.717, 1.165) is 0 Å². The smallest absolute Gasteiger partial charge is 0.229 e. The minimum atomic E-state index is -0.372. The molecule has 0 spiro atoms. The van der Waals surface area contributed by atoms with Crippen molar-refractivity contribution in [3.8, 4) is 0 Å². The van der Waals surface area contributed by atoms with Crippen LogP contribution in [-0.2, 0) is 13.1 Å². The summed E-state index contributed by atoms with van der Waals surface area (Å²) in [7, 11) is 0. The van der Waals surface area contributed by atoms with E-state index in [9.17, 15) is 4.39 Å². The number of hydrogen-bond donors (Lipinski definition) is 3. The summed E-state index contributed by atoms with van der Waals surface area (Å²) in [4.78, 5) is 8.44. The first-order chi connectivity index (χ1) is 12.2. The molecule has 3 aromatic rings. The highest BCUT2D eigenvalue weighted by Gasteiger charge is 2.08. The summed E-state index contributed by atoms with van der Waals surface area (Å²) in [6.07, 6.45) is 4.93. The highest BCUT2D eigenvalue weighted by Crippen LogP contribution is 2.20. The van der Waals surface area contributed by atoms with Crippen LogP contribution in [0.15, 0.2) is 42.9 Å². The molecule has 2 heterocycles. The van der Waals surface area contributed by atoms with Crippen molar-refractivity contribution in [2.75, 3.05) is 17.2 Å². The van der Waals surface area contributed by atoms with Gasteiger partial charge >= 0.3 is 0 Å². The zero-order valence-corrected chi connectivity index (χ0v) is 13.9. The Balaban J connectivity index is 1.66. The Bertz CT molecular complexity index is 836. The van der Waals surface area contributed by atoms with Crippen molar-refractivity contribution < 1.29 is 9.50 Å². The number of benzene rings is 1. The lowest BCUT2D eigenvalue weighted by atomic mass is 10.2. The fraction of sp³-hybridized carbons (Fsp3) is 0.188. The number of aromatic nitrogens is 4. The summed E-state index contributed by atoms with van der Waals surface area (Å²) in [5.41, 5.74) is 1.07. The zero-order valence-electron chi connectivity index (χ0n) is 13.2. The summed E-state index contributed by atoms with van der Waals surface area (Å²) >= 11 is 6.01. The lowest BCUT2D eigenvalue weighted by Crippen LogP contribution is -2.06. The van der Waals surface area contributed by atoms with Gasteiger partial charge in [-0.15, -0.1) is 0 Å². The first kappa shape index (κ1) is 17.1. The Kier molecular flexibility index (Phi) is 5.42. The van der Waals surface area contributed by atoms with Crippen molar-refractivity contribution in [2.45, 2.75) is 13.1 Å². The van der Waals surface area contributed by atoms with E-state index in [-0.39, 0.29) is 19.0 Å². The molecular formula is C16H16ClFN6O. The standard InChI is InChI=1S/C16H16ClFN6O/c17-13-2-1-3-14(18)12(13)9-20-15-4-5-19-16(23-15)22-11-8-21-24(10-11)6-7-25/h1-5,8,10,25H,6-7,9H2,(H2,19,20,22,23). The van der Waals surface area contributed by atoms with Crippen LogP contribution in [0.5, 0.6) is 0 Å². The molecular weight excluding hydrogens is 347 g/mol. The van der Waals surface area contributed by atoms with Gasteiger partial charge in [0, 0.05) is 29.5 Å². The first-order valence-electron chi connectivity index (χ1n) is 7.56. The van der Waals surface area contributed by atoms with Crippen LogP contribution in [0.3, 0.4) is 0 Å². The molecule has 25 heavy (non-hydrogen) atoms. The summed E-state index contributed by atoms with van der Waals surface area (Å²) in [6.45, 7) is 0.625. The largest absolute Gasteiger partial charge is 0.394 e. The summed E-state index contributed by atoms with van der Waals surface area (Å²) in [6, 6.07) is 6.23. The van der Waals surface area contributed by atoms with Crippen LogP contribution in [0.25, 0.3) is 0 Å². The normalized spacial score (nSPS) is 10.7. The molecule has 0 aliphatic rings. The van der Waals surface area contributed by atoms with E-state index in [1.807, 2.05) is 0 Å². The monoisotopic (exact) mass is 362 g/mol. The summed E-state index contributed by atoms with van der Waals surface area (Å²) in [5.74, 6) is 0.524. The molecule has 0 unspecified atom stereocenters. The zero-order chi connectivity index (χ0) is 17.6. The van der Waals surface area contributed by atoms with Crippen LogP contribution in [0.1, 0.15) is 5.56 Å². The predicted molar refractivity (Wildman–Crippen MR) is 93.4 cm³/mol. The molecule has 0 aliphatic carbocycles. The Hall–Kier alpha value is -2.71. The highest BCUT2D eigenvalue weighted by atomic mass is 35.5. The molecule has 0 saturated carbocycles. The van der Waals surface area contributed by atoms with E-state index in [0.29, 0.717) is 34.6 Å². The average Bonchev–Trinajstić information content (AvgIpc) is 3.02. The van der Waals surface area contributed by atoms with Gasteiger partial charge in [0.1, 0.15) is 11.6 Å². The van der Waals surface area contributed by atoms with E-state index < -0.39 is 0 Å². The fourth-order valence-electron chi connectivity index (χ4n) is 2.18. The van der Waals surface area contributed by atoms with Gasteiger partial charge < -0.3 is 15.7 Å². The van der Waals surface area contributed by atoms with Gasteiger partial charge in [-0.05, 0) is 18.2 Å². The number of nitrogens with zero attached hydrogens (tertiary/aromatic N) is 4. The SMILES string of the molecule is OCCn1cc(Nc2nccc(NCc3c(F)cccc3Cl)n2)cn1. The minimum Gasteiger partial charge on any atom is -0.394 e. The van der Waals surface area contributed by atoms with Crippen molar-refractivity contribution in [1.29, 1.82) is 0 Å². The molecule has 2 aromatic heterocycles. The van der Waals surface area contributed by atoms with E-state index in [1.165, 1.54) is 6.07 Å². The van der Waals surface area contributed by atoms with E-state index in [4.69, 9.17) is 16.7 Å². The number of halogens is 2. The molecule has 0 amide bonds. The number of aliphatic hydroxyl groups is 1. The third kappa shape index (κ3) is 4.43. The van der Waals surface area contributed by atoms with Crippen molar-refractivity contribution in [2.24, 2.45) is 0 Å². The molecule has 9 heteroatoms. The quantitative estimate of drug-likeness (QED) is 0.599. The summed E-state index contributed by atoms with van der Waals surface area (Å²) < 4.78 is 15.4. The van der Waals surface area contributed by atoms with Crippen LogP contribution in [-0.4, -0.2) is 31.5 Å². The third-order valence-electron chi connectivity index (χ3n) is 3.38. The molecule has 0 bridgehead atoms. The summed E-state index contributed by atoms with van der Waals surface area (Å²) in [5, 5.41) is 19.4. The Morgan fingerprint density at radius 2 is 2.16 bits per heavy atom. The number of anilines is 3. The second kappa shape index (κ2) is 7.91. The minimum absolute atomic E-state index is 0.00955. The van der Waals surface area contributed by atoms with Crippen LogP contribution in [0.2, 0.25) is 5.02 Å². The lowest BCUT2D eigenvalue weighted by molar-refractivity contribution is 0.269. The second-order valence-electron chi connectivity index (χ2n) is 5.16. The topological polar surface area (TPSA) is 87.9 Å². The van der Waals surface area contributed by atoms with E-state index in [2.05, 4.69) is 25.7 Å². The fourth-order valence-corrected chi connectivity index (χ4v) is 2.41. The van der Waals surface area contributed by atoms with Crippen molar-refractivity contribution in [3.63, 3.8) is 0 Å². The highest BCUT2D eigenvalue weighted by molar-refractivity contribution is 6.31. The van der Waals surface area contributed by atoms with Crippen molar-refractivity contribution in [3.05, 3.63) is 59.3 Å². The maximum absolute atomic E-state index is 13.8. The van der Waals surface area contributed by atoms with Crippen LogP contribution in [0.4, 0.5) is 21.8 Å². The Morgan fingerprint density at radius 1 is 1.28 bits per heavy atom. The third-order valence-corrected chi connectivity index (χ3v) is 3.74. The van der Waals surface area contributed by atoms with Crippen molar-refractivity contribution in [1.82, 2.24) is 19.7 Å². The Morgan fingerprint density at radius 3 is 2.96 bits per heavy atom. The molecule has 1 aromatic carbocycles. The van der Waals surface area contributed by atoms with Gasteiger partial charge in [0.05, 0.1) is 25.0 Å². The van der Waals surface area contributed by atoms with Crippen LogP contribution < -0.4 is 10.6 Å². The van der Waals surface area contributed by atoms with Gasteiger partial charge in [-0.2, -0.15) is 10.1 Å². The van der Waals surface area contributed by atoms with Crippen LogP contribution >= 0.6 is 11.6 Å². The molecule has 0 atom stereocenters. The molecule has 0 radical (unpaired) electrons. The molecule has 0 aliphatic heterocycles. The maximum Gasteiger partial charge on any atom is 0.229 e. The molecule has 130 valence electrons. The van der Waals surface area contributed by atoms with E-state index >= 15 is 0 Å². The van der Waals surface area contributed by atoms with Gasteiger partial charge in [0.25, 0.3) is 0 Å². The van der Waals surface area contributed by atoms with Gasteiger partial charge in [-0.3, -0.25) is 4.68 Å². The number of aliphatic hydroxyl groups excluding tert-OH is 1. The predicted octanol–water partition coefficient (Wildman–Crippen LogP) is 2.81. The van der Waals surface area contributed by atoms with Crippen LogP contribution in [0, 0.1) is 5.82 Å². The van der Waals surface area contributed by atoms with E-state index in [1.54, 1.807) is 41.5 Å². The average molecular weight is 363 g/mol. The first-order valence-corrected chi connectivity index (χ1v) is 7.93. The Labute approximate surface area is 148 Å².